The first-order valence-corrected chi connectivity index (χ1v) is 7.83. The lowest BCUT2D eigenvalue weighted by atomic mass is 10.2. The zero-order chi connectivity index (χ0) is 17.1. The summed E-state index contributed by atoms with van der Waals surface area (Å²) < 4.78 is 7.64. The first kappa shape index (κ1) is 15.0. The van der Waals surface area contributed by atoms with Crippen LogP contribution in [0, 0.1) is 6.92 Å². The summed E-state index contributed by atoms with van der Waals surface area (Å²) in [7, 11) is 0. The van der Waals surface area contributed by atoms with Crippen molar-refractivity contribution in [3.8, 4) is 11.5 Å². The molecule has 2 aromatic carbocycles. The Morgan fingerprint density at radius 2 is 1.76 bits per heavy atom. The molecule has 0 saturated carbocycles. The SMILES string of the molecule is Cc1cc(N=Nc2ccccc2)ccc1Oc1ccn2ncnc2c1. The van der Waals surface area contributed by atoms with E-state index < -0.39 is 0 Å². The second kappa shape index (κ2) is 6.52. The van der Waals surface area contributed by atoms with E-state index in [1.165, 1.54) is 6.33 Å². The lowest BCUT2D eigenvalue weighted by molar-refractivity contribution is 0.478. The number of azo groups is 1. The van der Waals surface area contributed by atoms with Gasteiger partial charge in [-0.2, -0.15) is 15.3 Å². The molecule has 0 saturated heterocycles. The maximum Gasteiger partial charge on any atom is 0.158 e. The van der Waals surface area contributed by atoms with Gasteiger partial charge in [-0.05, 0) is 48.9 Å². The van der Waals surface area contributed by atoms with Gasteiger partial charge in [0.25, 0.3) is 0 Å². The summed E-state index contributed by atoms with van der Waals surface area (Å²) in [6, 6.07) is 19.0. The topological polar surface area (TPSA) is 64.1 Å². The Morgan fingerprint density at radius 1 is 0.920 bits per heavy atom. The summed E-state index contributed by atoms with van der Waals surface area (Å²) in [5.74, 6) is 1.48. The molecule has 0 N–H and O–H groups in total. The number of fused-ring (bicyclic) bond motifs is 1. The van der Waals surface area contributed by atoms with Gasteiger partial charge in [0.1, 0.15) is 17.8 Å². The fourth-order valence-corrected chi connectivity index (χ4v) is 2.41. The van der Waals surface area contributed by atoms with Crippen LogP contribution in [0.15, 0.2) is 83.4 Å². The van der Waals surface area contributed by atoms with Crippen molar-refractivity contribution in [1.82, 2.24) is 14.6 Å². The Hall–Kier alpha value is -3.54. The highest BCUT2D eigenvalue weighted by atomic mass is 16.5. The molecular formula is C19H15N5O. The quantitative estimate of drug-likeness (QED) is 0.481. The van der Waals surface area contributed by atoms with Crippen molar-refractivity contribution in [2.75, 3.05) is 0 Å². The Balaban J connectivity index is 1.54. The van der Waals surface area contributed by atoms with Crippen molar-refractivity contribution >= 4 is 17.0 Å². The van der Waals surface area contributed by atoms with Crippen LogP contribution in [0.2, 0.25) is 0 Å². The van der Waals surface area contributed by atoms with E-state index in [1.54, 1.807) is 4.52 Å². The highest BCUT2D eigenvalue weighted by Gasteiger charge is 2.05. The third kappa shape index (κ3) is 3.37. The molecule has 0 aliphatic heterocycles. The van der Waals surface area contributed by atoms with E-state index in [0.29, 0.717) is 5.75 Å². The molecule has 6 heteroatoms. The molecule has 0 aliphatic rings. The van der Waals surface area contributed by atoms with Crippen molar-refractivity contribution in [3.05, 3.63) is 78.8 Å². The maximum atomic E-state index is 5.95. The number of pyridine rings is 1. The van der Waals surface area contributed by atoms with Crippen LogP contribution in [0.5, 0.6) is 11.5 Å². The maximum absolute atomic E-state index is 5.95. The van der Waals surface area contributed by atoms with Gasteiger partial charge in [-0.15, -0.1) is 0 Å². The predicted octanol–water partition coefficient (Wildman–Crippen LogP) is 5.25. The number of aryl methyl sites for hydroxylation is 1. The first-order valence-electron chi connectivity index (χ1n) is 7.83. The van der Waals surface area contributed by atoms with Crippen LogP contribution in [0.4, 0.5) is 11.4 Å². The average Bonchev–Trinajstić information content (AvgIpc) is 3.11. The minimum absolute atomic E-state index is 0.710. The second-order valence-electron chi connectivity index (χ2n) is 5.51. The van der Waals surface area contributed by atoms with E-state index in [2.05, 4.69) is 20.3 Å². The van der Waals surface area contributed by atoms with E-state index in [1.807, 2.05) is 73.8 Å². The van der Waals surface area contributed by atoms with Gasteiger partial charge in [0.2, 0.25) is 0 Å². The number of ether oxygens (including phenoxy) is 1. The molecule has 0 fully saturated rings. The smallest absolute Gasteiger partial charge is 0.158 e. The summed E-state index contributed by atoms with van der Waals surface area (Å²) in [6.45, 7) is 1.98. The first-order chi connectivity index (χ1) is 12.3. The molecule has 4 rings (SSSR count). The van der Waals surface area contributed by atoms with Crippen LogP contribution >= 0.6 is 0 Å². The minimum Gasteiger partial charge on any atom is -0.457 e. The fraction of sp³-hybridized carbons (Fsp3) is 0.0526. The number of rotatable bonds is 4. The van der Waals surface area contributed by atoms with Crippen LogP contribution in [-0.2, 0) is 0 Å². The summed E-state index contributed by atoms with van der Waals surface area (Å²) in [5.41, 5.74) is 3.32. The van der Waals surface area contributed by atoms with Gasteiger partial charge in [-0.3, -0.25) is 0 Å². The van der Waals surface area contributed by atoms with Gasteiger partial charge in [-0.25, -0.2) is 9.50 Å². The number of hydrogen-bond acceptors (Lipinski definition) is 5. The number of hydrogen-bond donors (Lipinski definition) is 0. The van der Waals surface area contributed by atoms with E-state index in [9.17, 15) is 0 Å². The Morgan fingerprint density at radius 3 is 2.60 bits per heavy atom. The van der Waals surface area contributed by atoms with Gasteiger partial charge < -0.3 is 4.74 Å². The monoisotopic (exact) mass is 329 g/mol. The predicted molar refractivity (Wildman–Crippen MR) is 94.9 cm³/mol. The average molecular weight is 329 g/mol. The minimum atomic E-state index is 0.710. The van der Waals surface area contributed by atoms with E-state index in [4.69, 9.17) is 4.74 Å². The normalized spacial score (nSPS) is 11.2. The molecule has 122 valence electrons. The molecule has 0 spiro atoms. The number of nitrogens with zero attached hydrogens (tertiary/aromatic N) is 5. The number of benzene rings is 2. The fourth-order valence-electron chi connectivity index (χ4n) is 2.41. The lowest BCUT2D eigenvalue weighted by Gasteiger charge is -2.09. The zero-order valence-corrected chi connectivity index (χ0v) is 13.6. The highest BCUT2D eigenvalue weighted by molar-refractivity contribution is 5.50. The molecular weight excluding hydrogens is 314 g/mol. The summed E-state index contributed by atoms with van der Waals surface area (Å²) in [4.78, 5) is 4.16. The van der Waals surface area contributed by atoms with E-state index in [0.717, 1.165) is 28.3 Å². The van der Waals surface area contributed by atoms with Gasteiger partial charge in [0.15, 0.2) is 5.65 Å². The summed E-state index contributed by atoms with van der Waals surface area (Å²) in [6.07, 6.45) is 3.33. The molecule has 4 aromatic rings. The number of aromatic nitrogens is 3. The van der Waals surface area contributed by atoms with Crippen molar-refractivity contribution in [1.29, 1.82) is 0 Å². The molecule has 2 heterocycles. The van der Waals surface area contributed by atoms with Crippen molar-refractivity contribution in [2.24, 2.45) is 10.2 Å². The van der Waals surface area contributed by atoms with Crippen LogP contribution in [0.3, 0.4) is 0 Å². The van der Waals surface area contributed by atoms with Crippen molar-refractivity contribution in [2.45, 2.75) is 6.92 Å². The largest absolute Gasteiger partial charge is 0.457 e. The van der Waals surface area contributed by atoms with Gasteiger partial charge >= 0.3 is 0 Å². The third-order valence-electron chi connectivity index (χ3n) is 3.68. The molecule has 2 aromatic heterocycles. The Labute approximate surface area is 144 Å². The van der Waals surface area contributed by atoms with Crippen molar-refractivity contribution < 1.29 is 4.74 Å². The van der Waals surface area contributed by atoms with Crippen LogP contribution < -0.4 is 4.74 Å². The Bertz CT molecular complexity index is 1040. The lowest BCUT2D eigenvalue weighted by Crippen LogP contribution is -1.90. The molecule has 0 bridgehead atoms. The molecule has 0 atom stereocenters. The van der Waals surface area contributed by atoms with Gasteiger partial charge in [0.05, 0.1) is 11.4 Å². The van der Waals surface area contributed by atoms with Crippen molar-refractivity contribution in [3.63, 3.8) is 0 Å². The second-order valence-corrected chi connectivity index (χ2v) is 5.51. The van der Waals surface area contributed by atoms with Crippen LogP contribution in [0.1, 0.15) is 5.56 Å². The molecule has 0 amide bonds. The third-order valence-corrected chi connectivity index (χ3v) is 3.68. The van der Waals surface area contributed by atoms with Crippen LogP contribution in [-0.4, -0.2) is 14.6 Å². The summed E-state index contributed by atoms with van der Waals surface area (Å²) >= 11 is 0. The molecule has 0 unspecified atom stereocenters. The van der Waals surface area contributed by atoms with E-state index >= 15 is 0 Å². The molecule has 25 heavy (non-hydrogen) atoms. The van der Waals surface area contributed by atoms with Crippen LogP contribution in [0.25, 0.3) is 5.65 Å². The highest BCUT2D eigenvalue weighted by Crippen LogP contribution is 2.29. The van der Waals surface area contributed by atoms with Gasteiger partial charge in [-0.1, -0.05) is 18.2 Å². The standard InChI is InChI=1S/C19H15N5O/c1-14-11-16(23-22-15-5-3-2-4-6-15)7-8-18(14)25-17-9-10-24-19(12-17)20-13-21-24/h2-13H,1H3. The van der Waals surface area contributed by atoms with E-state index in [-0.39, 0.29) is 0 Å². The molecule has 0 aliphatic carbocycles. The Kier molecular flexibility index (Phi) is 3.92. The summed E-state index contributed by atoms with van der Waals surface area (Å²) in [5, 5.41) is 12.6. The van der Waals surface area contributed by atoms with Gasteiger partial charge in [0, 0.05) is 12.3 Å². The molecule has 0 radical (unpaired) electrons. The molecule has 6 nitrogen and oxygen atoms in total. The zero-order valence-electron chi connectivity index (χ0n) is 13.6.